The molecule has 152 valence electrons. The fourth-order valence-corrected chi connectivity index (χ4v) is 3.32. The summed E-state index contributed by atoms with van der Waals surface area (Å²) in [7, 11) is -4.79. The number of rotatable bonds is 4. The minimum atomic E-state index is -4.79. The van der Waals surface area contributed by atoms with Crippen LogP contribution in [0.3, 0.4) is 0 Å². The van der Waals surface area contributed by atoms with Crippen molar-refractivity contribution in [2.24, 2.45) is 11.8 Å². The lowest BCUT2D eigenvalue weighted by molar-refractivity contribution is -0.180. The average Bonchev–Trinajstić information content (AvgIpc) is 3.16. The molecule has 3 rings (SSSR count). The Morgan fingerprint density at radius 2 is 1.78 bits per heavy atom. The van der Waals surface area contributed by atoms with Gasteiger partial charge in [-0.1, -0.05) is 17.3 Å². The summed E-state index contributed by atoms with van der Waals surface area (Å²) in [6.45, 7) is 0.179. The maximum absolute atomic E-state index is 13.0. The Hall–Kier alpha value is -1.43. The lowest BCUT2D eigenvalue weighted by atomic mass is 9.95. The van der Waals surface area contributed by atoms with Crippen LogP contribution in [0.1, 0.15) is 0 Å². The molecule has 1 aromatic carbocycles. The number of halogens is 6. The molecule has 1 N–H and O–H groups in total. The van der Waals surface area contributed by atoms with Gasteiger partial charge >= 0.3 is 16.4 Å². The van der Waals surface area contributed by atoms with Gasteiger partial charge in [0.15, 0.2) is 0 Å². The van der Waals surface area contributed by atoms with Crippen LogP contribution in [0.2, 0.25) is 0 Å². The minimum absolute atomic E-state index is 0. The molecule has 0 amide bonds. The quantitative estimate of drug-likeness (QED) is 0.572. The number of alkyl halides is 3. The van der Waals surface area contributed by atoms with Crippen molar-refractivity contribution in [2.75, 3.05) is 13.1 Å². The Labute approximate surface area is 165 Å². The van der Waals surface area contributed by atoms with Gasteiger partial charge in [-0.25, -0.2) is 0 Å². The van der Waals surface area contributed by atoms with E-state index >= 15 is 0 Å². The number of hydrogen-bond acceptors (Lipinski definition) is 5. The van der Waals surface area contributed by atoms with E-state index in [0.717, 1.165) is 12.1 Å². The number of benzene rings is 1. The molecule has 0 unspecified atom stereocenters. The highest BCUT2D eigenvalue weighted by Gasteiger charge is 2.47. The highest BCUT2D eigenvalue weighted by molar-refractivity contribution is 7.86. The van der Waals surface area contributed by atoms with Gasteiger partial charge in [-0.15, -0.1) is 33.8 Å². The van der Waals surface area contributed by atoms with Crippen LogP contribution < -0.4 is 5.32 Å². The Kier molecular flexibility index (Phi) is 7.62. The first-order chi connectivity index (χ1) is 11.6. The van der Waals surface area contributed by atoms with Crippen molar-refractivity contribution in [1.29, 1.82) is 0 Å². The zero-order valence-corrected chi connectivity index (χ0v) is 16.0. The van der Waals surface area contributed by atoms with Gasteiger partial charge in [0.25, 0.3) is 0 Å². The van der Waals surface area contributed by atoms with E-state index in [1.165, 1.54) is 23.0 Å². The van der Waals surface area contributed by atoms with Crippen LogP contribution in [0.4, 0.5) is 17.1 Å². The summed E-state index contributed by atoms with van der Waals surface area (Å²) >= 11 is 0. The van der Waals surface area contributed by atoms with Gasteiger partial charge in [-0.05, 0) is 12.1 Å². The lowest BCUT2D eigenvalue weighted by Gasteiger charge is -2.20. The Balaban J connectivity index is 0.00000182. The summed E-state index contributed by atoms with van der Waals surface area (Å²) < 4.78 is 74.6. The number of nitrogens with zero attached hydrogens (tertiary/aromatic N) is 3. The summed E-state index contributed by atoms with van der Waals surface area (Å²) in [5.74, 6) is -2.08. The standard InChI is InChI=1S/C14H14F4N4O2S.2ClH/c15-14(16,17)12-6-19-5-10(12)7-22-8-13(20-21-22)9-1-3-11(4-2-9)25(18,23)24;;/h1-4,8,10,12,19H,5-7H2;2*1H/t10-,12+;;/m0../s1. The molecule has 0 saturated carbocycles. The van der Waals surface area contributed by atoms with Gasteiger partial charge < -0.3 is 5.32 Å². The molecule has 0 radical (unpaired) electrons. The molecule has 0 aliphatic carbocycles. The molecular weight excluding hydrogens is 435 g/mol. The van der Waals surface area contributed by atoms with E-state index in [2.05, 4.69) is 15.6 Å². The summed E-state index contributed by atoms with van der Waals surface area (Å²) in [4.78, 5) is -0.478. The third-order valence-corrected chi connectivity index (χ3v) is 4.99. The van der Waals surface area contributed by atoms with E-state index in [0.29, 0.717) is 11.3 Å². The molecule has 1 fully saturated rings. The number of nitrogens with one attached hydrogen (secondary N) is 1. The monoisotopic (exact) mass is 450 g/mol. The van der Waals surface area contributed by atoms with Gasteiger partial charge in [-0.2, -0.15) is 21.6 Å². The fraction of sp³-hybridized carbons (Fsp3) is 0.429. The predicted molar refractivity (Wildman–Crippen MR) is 94.2 cm³/mol. The van der Waals surface area contributed by atoms with Crippen LogP contribution in [0.15, 0.2) is 35.4 Å². The maximum Gasteiger partial charge on any atom is 0.393 e. The smallest absolute Gasteiger partial charge is 0.316 e. The molecule has 0 spiro atoms. The summed E-state index contributed by atoms with van der Waals surface area (Å²) in [5, 5.41) is 10.4. The molecule has 1 aliphatic heterocycles. The van der Waals surface area contributed by atoms with E-state index in [1.54, 1.807) is 0 Å². The van der Waals surface area contributed by atoms with E-state index in [1.807, 2.05) is 0 Å². The van der Waals surface area contributed by atoms with Crippen molar-refractivity contribution < 1.29 is 25.5 Å². The van der Waals surface area contributed by atoms with Gasteiger partial charge in [0.05, 0.1) is 17.0 Å². The van der Waals surface area contributed by atoms with Crippen LogP contribution in [0, 0.1) is 11.8 Å². The summed E-state index contributed by atoms with van der Waals surface area (Å²) in [5.41, 5.74) is 0.841. The number of aromatic nitrogens is 3. The van der Waals surface area contributed by atoms with Crippen LogP contribution in [-0.2, 0) is 16.8 Å². The molecule has 27 heavy (non-hydrogen) atoms. The largest absolute Gasteiger partial charge is 0.393 e. The summed E-state index contributed by atoms with van der Waals surface area (Å²) in [6, 6.07) is 4.89. The fourth-order valence-electron chi connectivity index (χ4n) is 2.86. The number of hydrogen-bond donors (Lipinski definition) is 1. The van der Waals surface area contributed by atoms with E-state index < -0.39 is 33.1 Å². The first-order valence-corrected chi connectivity index (χ1v) is 8.75. The van der Waals surface area contributed by atoms with Crippen LogP contribution in [0.25, 0.3) is 11.3 Å². The molecule has 1 saturated heterocycles. The van der Waals surface area contributed by atoms with Gasteiger partial charge in [0, 0.05) is 31.1 Å². The highest BCUT2D eigenvalue weighted by atomic mass is 35.5. The van der Waals surface area contributed by atoms with E-state index in [-0.39, 0.29) is 44.4 Å². The Bertz CT molecular complexity index is 859. The van der Waals surface area contributed by atoms with E-state index in [9.17, 15) is 25.5 Å². The molecule has 0 bridgehead atoms. The second-order valence-corrected chi connectivity index (χ2v) is 7.20. The van der Waals surface area contributed by atoms with Crippen molar-refractivity contribution in [3.63, 3.8) is 0 Å². The van der Waals surface area contributed by atoms with Crippen LogP contribution in [-0.4, -0.2) is 42.7 Å². The zero-order chi connectivity index (χ0) is 18.2. The lowest BCUT2D eigenvalue weighted by Crippen LogP contribution is -2.32. The average molecular weight is 451 g/mol. The van der Waals surface area contributed by atoms with Crippen LogP contribution >= 0.6 is 24.8 Å². The normalized spacial score (nSPS) is 20.0. The topological polar surface area (TPSA) is 76.9 Å². The Morgan fingerprint density at radius 1 is 1.15 bits per heavy atom. The molecule has 2 aromatic rings. The van der Waals surface area contributed by atoms with Crippen molar-refractivity contribution in [3.05, 3.63) is 30.5 Å². The second-order valence-electron chi connectivity index (χ2n) is 5.85. The van der Waals surface area contributed by atoms with Crippen molar-refractivity contribution in [3.8, 4) is 11.3 Å². The molecule has 1 aromatic heterocycles. The maximum atomic E-state index is 13.0. The van der Waals surface area contributed by atoms with Crippen molar-refractivity contribution in [1.82, 2.24) is 20.3 Å². The molecule has 1 aliphatic rings. The molecule has 2 heterocycles. The third kappa shape index (κ3) is 5.53. The van der Waals surface area contributed by atoms with Crippen LogP contribution in [0.5, 0.6) is 0 Å². The molecule has 2 atom stereocenters. The zero-order valence-electron chi connectivity index (χ0n) is 13.6. The predicted octanol–water partition coefficient (Wildman–Crippen LogP) is 2.84. The first kappa shape index (κ1) is 23.6. The van der Waals surface area contributed by atoms with Gasteiger partial charge in [0.2, 0.25) is 0 Å². The Morgan fingerprint density at radius 3 is 2.33 bits per heavy atom. The van der Waals surface area contributed by atoms with Gasteiger partial charge in [-0.3, -0.25) is 4.68 Å². The first-order valence-electron chi connectivity index (χ1n) is 7.37. The minimum Gasteiger partial charge on any atom is -0.316 e. The van der Waals surface area contributed by atoms with Crippen molar-refractivity contribution in [2.45, 2.75) is 17.6 Å². The van der Waals surface area contributed by atoms with Gasteiger partial charge in [0.1, 0.15) is 5.69 Å². The van der Waals surface area contributed by atoms with E-state index in [4.69, 9.17) is 0 Å². The SMILES string of the molecule is Cl.Cl.O=S(=O)(F)c1ccc(-c2cn(C[C@@H]3CNC[C@H]3C(F)(F)F)nn2)cc1. The molecule has 13 heteroatoms. The highest BCUT2D eigenvalue weighted by Crippen LogP contribution is 2.35. The van der Waals surface area contributed by atoms with Crippen molar-refractivity contribution >= 4 is 35.0 Å². The third-order valence-electron chi connectivity index (χ3n) is 4.15. The summed E-state index contributed by atoms with van der Waals surface area (Å²) in [6.07, 6.45) is -2.80. The molecule has 6 nitrogen and oxygen atoms in total. The second kappa shape index (κ2) is 8.72. The molecular formula is C14H16Cl2F4N4O2S.